The van der Waals surface area contributed by atoms with Gasteiger partial charge in [-0.3, -0.25) is 4.79 Å². The number of rotatable bonds is 9. The lowest BCUT2D eigenvalue weighted by Gasteiger charge is -2.12. The maximum Gasteiger partial charge on any atom is 0.252 e. The van der Waals surface area contributed by atoms with Gasteiger partial charge in [-0.15, -0.1) is 0 Å². The van der Waals surface area contributed by atoms with E-state index >= 15 is 0 Å². The molecule has 0 atom stereocenters. The topological polar surface area (TPSA) is 34.0 Å². The maximum absolute atomic E-state index is 12.1. The van der Waals surface area contributed by atoms with Gasteiger partial charge in [0.05, 0.1) is 0 Å². The van der Waals surface area contributed by atoms with Gasteiger partial charge in [0.25, 0.3) is 5.56 Å². The second-order valence-electron chi connectivity index (χ2n) is 5.22. The lowest BCUT2D eigenvalue weighted by molar-refractivity contribution is 0.576. The second-order valence-corrected chi connectivity index (χ2v) is 5.22. The minimum atomic E-state index is 0.120. The van der Waals surface area contributed by atoms with Crippen LogP contribution in [0.1, 0.15) is 58.1 Å². The molecule has 19 heavy (non-hydrogen) atoms. The quantitative estimate of drug-likeness (QED) is 0.685. The number of nitrogens with one attached hydrogen (secondary N) is 1. The summed E-state index contributed by atoms with van der Waals surface area (Å²) in [5, 5.41) is 3.34. The van der Waals surface area contributed by atoms with Crippen molar-refractivity contribution in [3.8, 4) is 0 Å². The van der Waals surface area contributed by atoms with Crippen LogP contribution < -0.4 is 10.9 Å². The van der Waals surface area contributed by atoms with Crippen LogP contribution in [0.3, 0.4) is 0 Å². The van der Waals surface area contributed by atoms with Gasteiger partial charge in [0.15, 0.2) is 0 Å². The lowest BCUT2D eigenvalue weighted by atomic mass is 10.2. The van der Waals surface area contributed by atoms with Gasteiger partial charge in [0.2, 0.25) is 0 Å². The van der Waals surface area contributed by atoms with Gasteiger partial charge in [0.1, 0.15) is 0 Å². The fourth-order valence-corrected chi connectivity index (χ4v) is 2.25. The van der Waals surface area contributed by atoms with E-state index in [4.69, 9.17) is 0 Å². The van der Waals surface area contributed by atoms with Crippen molar-refractivity contribution in [2.45, 2.75) is 65.8 Å². The zero-order valence-electron chi connectivity index (χ0n) is 12.7. The van der Waals surface area contributed by atoms with Crippen LogP contribution in [-0.4, -0.2) is 11.1 Å². The molecule has 3 nitrogen and oxygen atoms in total. The van der Waals surface area contributed by atoms with Crippen molar-refractivity contribution in [2.24, 2.45) is 0 Å². The Balaban J connectivity index is 2.60. The molecule has 0 aliphatic rings. The summed E-state index contributed by atoms with van der Waals surface area (Å²) in [6, 6.07) is 3.81. The highest BCUT2D eigenvalue weighted by Crippen LogP contribution is 2.09. The van der Waals surface area contributed by atoms with Crippen LogP contribution in [0.5, 0.6) is 0 Å². The fraction of sp³-hybridized carbons (Fsp3) is 0.688. The molecule has 0 bridgehead atoms. The zero-order valence-corrected chi connectivity index (χ0v) is 12.7. The van der Waals surface area contributed by atoms with Crippen molar-refractivity contribution in [1.82, 2.24) is 4.57 Å². The minimum Gasteiger partial charge on any atom is -0.385 e. The highest BCUT2D eigenvalue weighted by Gasteiger charge is 2.03. The summed E-state index contributed by atoms with van der Waals surface area (Å²) >= 11 is 0. The number of pyridine rings is 1. The van der Waals surface area contributed by atoms with Gasteiger partial charge in [-0.2, -0.15) is 0 Å². The number of nitrogens with zero attached hydrogens (tertiary/aromatic N) is 1. The van der Waals surface area contributed by atoms with Crippen LogP contribution in [0.2, 0.25) is 0 Å². The smallest absolute Gasteiger partial charge is 0.252 e. The first-order chi connectivity index (χ1) is 9.19. The van der Waals surface area contributed by atoms with Crippen molar-refractivity contribution in [3.63, 3.8) is 0 Å². The maximum atomic E-state index is 12.1. The van der Waals surface area contributed by atoms with Crippen LogP contribution >= 0.6 is 0 Å². The first-order valence-corrected chi connectivity index (χ1v) is 7.64. The van der Waals surface area contributed by atoms with Crippen molar-refractivity contribution in [1.29, 1.82) is 0 Å². The number of aromatic nitrogens is 1. The second kappa shape index (κ2) is 8.78. The molecule has 1 rings (SSSR count). The van der Waals surface area contributed by atoms with Crippen LogP contribution in [0.15, 0.2) is 16.9 Å². The first kappa shape index (κ1) is 15.8. The van der Waals surface area contributed by atoms with E-state index in [-0.39, 0.29) is 5.56 Å². The Kier molecular flexibility index (Phi) is 7.31. The molecular weight excluding hydrogens is 236 g/mol. The molecule has 0 aliphatic heterocycles. The van der Waals surface area contributed by atoms with Crippen LogP contribution in [0.25, 0.3) is 0 Å². The molecule has 3 heteroatoms. The number of hydrogen-bond acceptors (Lipinski definition) is 2. The van der Waals surface area contributed by atoms with Gasteiger partial charge in [-0.25, -0.2) is 0 Å². The predicted molar refractivity (Wildman–Crippen MR) is 83.0 cm³/mol. The predicted octanol–water partition coefficient (Wildman–Crippen LogP) is 3.95. The van der Waals surface area contributed by atoms with Crippen LogP contribution in [0.4, 0.5) is 5.69 Å². The van der Waals surface area contributed by atoms with Crippen LogP contribution in [-0.2, 0) is 6.54 Å². The third-order valence-corrected chi connectivity index (χ3v) is 3.43. The largest absolute Gasteiger partial charge is 0.385 e. The van der Waals surface area contributed by atoms with E-state index in [1.807, 2.05) is 11.5 Å². The lowest BCUT2D eigenvalue weighted by Crippen LogP contribution is -2.22. The summed E-state index contributed by atoms with van der Waals surface area (Å²) in [6.07, 6.45) is 7.07. The molecule has 0 aromatic carbocycles. The molecule has 0 saturated carbocycles. The Bertz CT molecular complexity index is 423. The van der Waals surface area contributed by atoms with Gasteiger partial charge in [-0.1, -0.05) is 39.5 Å². The highest BCUT2D eigenvalue weighted by molar-refractivity contribution is 5.43. The summed E-state index contributed by atoms with van der Waals surface area (Å²) in [4.78, 5) is 12.1. The monoisotopic (exact) mass is 264 g/mol. The Hall–Kier alpha value is -1.25. The van der Waals surface area contributed by atoms with Crippen molar-refractivity contribution >= 4 is 5.69 Å². The summed E-state index contributed by atoms with van der Waals surface area (Å²) < 4.78 is 1.88. The molecule has 1 N–H and O–H groups in total. The Morgan fingerprint density at radius 3 is 2.37 bits per heavy atom. The standard InChI is InChI=1S/C16H28N2O/c1-4-6-8-10-17-15-12-14(3)18(16(19)13-15)11-9-7-5-2/h12-13,17H,4-11H2,1-3H3. The summed E-state index contributed by atoms with van der Waals surface area (Å²) in [6.45, 7) is 8.19. The van der Waals surface area contributed by atoms with E-state index in [0.717, 1.165) is 37.3 Å². The highest BCUT2D eigenvalue weighted by atomic mass is 16.1. The Labute approximate surface area is 117 Å². The number of unbranched alkanes of at least 4 members (excludes halogenated alkanes) is 4. The van der Waals surface area contributed by atoms with E-state index in [2.05, 4.69) is 25.2 Å². The molecule has 0 unspecified atom stereocenters. The SMILES string of the molecule is CCCCCNc1cc(C)n(CCCCC)c(=O)c1. The molecule has 0 amide bonds. The number of hydrogen-bond donors (Lipinski definition) is 1. The number of anilines is 1. The molecule has 0 aliphatic carbocycles. The van der Waals surface area contributed by atoms with Crippen molar-refractivity contribution < 1.29 is 0 Å². The zero-order chi connectivity index (χ0) is 14.1. The number of aryl methyl sites for hydroxylation is 1. The molecular formula is C16H28N2O. The van der Waals surface area contributed by atoms with E-state index in [1.165, 1.54) is 25.7 Å². The van der Waals surface area contributed by atoms with Crippen LogP contribution in [0, 0.1) is 6.92 Å². The van der Waals surface area contributed by atoms with E-state index in [1.54, 1.807) is 6.07 Å². The first-order valence-electron chi connectivity index (χ1n) is 7.64. The van der Waals surface area contributed by atoms with Crippen molar-refractivity contribution in [2.75, 3.05) is 11.9 Å². The average molecular weight is 264 g/mol. The third kappa shape index (κ3) is 5.50. The summed E-state index contributed by atoms with van der Waals surface area (Å²) in [5.74, 6) is 0. The van der Waals surface area contributed by atoms with Crippen molar-refractivity contribution in [3.05, 3.63) is 28.2 Å². The molecule has 0 spiro atoms. The van der Waals surface area contributed by atoms with E-state index < -0.39 is 0 Å². The molecule has 0 saturated heterocycles. The van der Waals surface area contributed by atoms with E-state index in [9.17, 15) is 4.79 Å². The van der Waals surface area contributed by atoms with Gasteiger partial charge < -0.3 is 9.88 Å². The Morgan fingerprint density at radius 2 is 1.74 bits per heavy atom. The molecule has 1 heterocycles. The molecule has 108 valence electrons. The average Bonchev–Trinajstić information content (AvgIpc) is 2.38. The van der Waals surface area contributed by atoms with E-state index in [0.29, 0.717) is 0 Å². The molecule has 0 radical (unpaired) electrons. The Morgan fingerprint density at radius 1 is 1.05 bits per heavy atom. The third-order valence-electron chi connectivity index (χ3n) is 3.43. The fourth-order valence-electron chi connectivity index (χ4n) is 2.25. The normalized spacial score (nSPS) is 10.7. The van der Waals surface area contributed by atoms with Gasteiger partial charge in [-0.05, 0) is 25.8 Å². The molecule has 1 aromatic heterocycles. The summed E-state index contributed by atoms with van der Waals surface area (Å²) in [5.41, 5.74) is 2.14. The van der Waals surface area contributed by atoms with Gasteiger partial charge in [0, 0.05) is 30.5 Å². The molecule has 0 fully saturated rings. The molecule has 1 aromatic rings. The van der Waals surface area contributed by atoms with Gasteiger partial charge >= 0.3 is 0 Å². The minimum absolute atomic E-state index is 0.120. The summed E-state index contributed by atoms with van der Waals surface area (Å²) in [7, 11) is 0.